The molecule has 2 heterocycles. The van der Waals surface area contributed by atoms with Gasteiger partial charge in [0.25, 0.3) is 5.91 Å². The number of phenols is 1. The molecular weight excluding hydrogens is 347 g/mol. The van der Waals surface area contributed by atoms with E-state index < -0.39 is 11.7 Å². The van der Waals surface area contributed by atoms with Crippen LogP contribution >= 0.6 is 11.6 Å². The number of hydrogen-bond donors (Lipinski definition) is 3. The van der Waals surface area contributed by atoms with Crippen molar-refractivity contribution in [3.63, 3.8) is 0 Å². The minimum absolute atomic E-state index is 0.0753. The first-order valence-corrected chi connectivity index (χ1v) is 7.72. The zero-order chi connectivity index (χ0) is 18.1. The Morgan fingerprint density at radius 3 is 2.68 bits per heavy atom. The van der Waals surface area contributed by atoms with Crippen LogP contribution in [0.2, 0.25) is 5.15 Å². The number of H-pyrrole nitrogens is 1. The molecule has 128 valence electrons. The molecule has 3 N–H and O–H groups in total. The number of halogens is 2. The number of nitrogens with one attached hydrogen (secondary N) is 2. The Labute approximate surface area is 147 Å². The Balaban J connectivity index is 1.94. The van der Waals surface area contributed by atoms with Crippen LogP contribution in [-0.4, -0.2) is 26.2 Å². The summed E-state index contributed by atoms with van der Waals surface area (Å²) < 4.78 is 14.4. The second kappa shape index (κ2) is 6.52. The molecule has 2 aromatic heterocycles. The molecule has 0 aliphatic carbocycles. The predicted octanol–water partition coefficient (Wildman–Crippen LogP) is 3.84. The van der Waals surface area contributed by atoms with Gasteiger partial charge in [-0.05, 0) is 37.6 Å². The first-order valence-electron chi connectivity index (χ1n) is 7.34. The number of carbonyl (C=O) groups is 1. The fourth-order valence-electron chi connectivity index (χ4n) is 2.29. The summed E-state index contributed by atoms with van der Waals surface area (Å²) in [4.78, 5) is 16.5. The number of amides is 1. The maximum Gasteiger partial charge on any atom is 0.259 e. The predicted molar refractivity (Wildman–Crippen MR) is 92.3 cm³/mol. The molecule has 25 heavy (non-hydrogen) atoms. The van der Waals surface area contributed by atoms with E-state index in [2.05, 4.69) is 20.5 Å². The lowest BCUT2D eigenvalue weighted by Gasteiger charge is -2.10. The topological polar surface area (TPSA) is 90.9 Å². The number of carbonyl (C=O) groups excluding carboxylic acids is 1. The number of aromatic amines is 1. The Morgan fingerprint density at radius 1 is 1.32 bits per heavy atom. The zero-order valence-electron chi connectivity index (χ0n) is 13.4. The monoisotopic (exact) mass is 360 g/mol. The van der Waals surface area contributed by atoms with Crippen molar-refractivity contribution in [2.45, 2.75) is 13.8 Å². The van der Waals surface area contributed by atoms with E-state index in [1.165, 1.54) is 6.07 Å². The molecule has 0 saturated carbocycles. The second-order valence-corrected chi connectivity index (χ2v) is 5.90. The molecule has 0 aliphatic rings. The van der Waals surface area contributed by atoms with Crippen LogP contribution in [0.3, 0.4) is 0 Å². The van der Waals surface area contributed by atoms with Gasteiger partial charge in [-0.2, -0.15) is 5.10 Å². The molecule has 0 spiro atoms. The van der Waals surface area contributed by atoms with Crippen molar-refractivity contribution in [1.82, 2.24) is 15.2 Å². The Kier molecular flexibility index (Phi) is 4.41. The summed E-state index contributed by atoms with van der Waals surface area (Å²) in [5.41, 5.74) is 1.99. The summed E-state index contributed by atoms with van der Waals surface area (Å²) in [6, 6.07) is 5.56. The summed E-state index contributed by atoms with van der Waals surface area (Å²) in [6.45, 7) is 3.53. The number of nitrogens with zero attached hydrogens (tertiary/aromatic N) is 2. The third-order valence-electron chi connectivity index (χ3n) is 3.66. The highest BCUT2D eigenvalue weighted by molar-refractivity contribution is 6.33. The number of hydrogen-bond acceptors (Lipinski definition) is 4. The maximum absolute atomic E-state index is 14.4. The number of aromatic hydroxyl groups is 1. The number of aryl methyl sites for hydroxylation is 2. The van der Waals surface area contributed by atoms with E-state index in [0.29, 0.717) is 11.4 Å². The van der Waals surface area contributed by atoms with E-state index in [1.54, 1.807) is 25.3 Å². The van der Waals surface area contributed by atoms with E-state index >= 15 is 0 Å². The molecule has 0 aliphatic heterocycles. The van der Waals surface area contributed by atoms with Crippen LogP contribution in [0.5, 0.6) is 5.75 Å². The second-order valence-electron chi connectivity index (χ2n) is 5.54. The third-order valence-corrected chi connectivity index (χ3v) is 3.93. The van der Waals surface area contributed by atoms with Crippen molar-refractivity contribution in [2.75, 3.05) is 5.32 Å². The van der Waals surface area contributed by atoms with E-state index in [1.807, 2.05) is 6.92 Å². The Hall–Kier alpha value is -2.93. The molecule has 0 saturated heterocycles. The zero-order valence-corrected chi connectivity index (χ0v) is 14.1. The van der Waals surface area contributed by atoms with Gasteiger partial charge in [-0.3, -0.25) is 14.9 Å². The standard InChI is InChI=1S/C17H14ClFN4O2/c1-8-3-4-13(20-7-8)10-6-14(24)11(5-12(10)19)17(25)21-15-9(2)22-23-16(15)18/h3-7,24H,1-2H3,(H,21,25)(H,22,23). The minimum Gasteiger partial charge on any atom is -0.507 e. The first kappa shape index (κ1) is 16.9. The molecule has 1 aromatic carbocycles. The van der Waals surface area contributed by atoms with Gasteiger partial charge in [0.15, 0.2) is 5.15 Å². The normalized spacial score (nSPS) is 10.7. The van der Waals surface area contributed by atoms with E-state index in [9.17, 15) is 14.3 Å². The minimum atomic E-state index is -0.703. The molecule has 0 fully saturated rings. The largest absolute Gasteiger partial charge is 0.507 e. The van der Waals surface area contributed by atoms with Gasteiger partial charge >= 0.3 is 0 Å². The molecule has 0 atom stereocenters. The van der Waals surface area contributed by atoms with Gasteiger partial charge in [0.05, 0.1) is 17.0 Å². The molecule has 0 bridgehead atoms. The van der Waals surface area contributed by atoms with Crippen molar-refractivity contribution in [2.24, 2.45) is 0 Å². The maximum atomic E-state index is 14.4. The quantitative estimate of drug-likeness (QED) is 0.661. The molecule has 0 unspecified atom stereocenters. The van der Waals surface area contributed by atoms with E-state index in [4.69, 9.17) is 11.6 Å². The number of rotatable bonds is 3. The highest BCUT2D eigenvalue weighted by atomic mass is 35.5. The van der Waals surface area contributed by atoms with Crippen LogP contribution in [-0.2, 0) is 0 Å². The van der Waals surface area contributed by atoms with Gasteiger partial charge in [-0.15, -0.1) is 0 Å². The molecule has 3 rings (SSSR count). The summed E-state index contributed by atoms with van der Waals surface area (Å²) in [6.07, 6.45) is 1.59. The fraction of sp³-hybridized carbons (Fsp3) is 0.118. The van der Waals surface area contributed by atoms with Gasteiger partial charge in [0.1, 0.15) is 17.3 Å². The summed E-state index contributed by atoms with van der Waals surface area (Å²) in [5, 5.41) is 19.1. The van der Waals surface area contributed by atoms with Crippen molar-refractivity contribution in [3.8, 4) is 17.0 Å². The summed E-state index contributed by atoms with van der Waals surface area (Å²) in [7, 11) is 0. The van der Waals surface area contributed by atoms with Crippen molar-refractivity contribution < 1.29 is 14.3 Å². The van der Waals surface area contributed by atoms with Gasteiger partial charge in [-0.25, -0.2) is 4.39 Å². The lowest BCUT2D eigenvalue weighted by atomic mass is 10.1. The van der Waals surface area contributed by atoms with Crippen LogP contribution in [0, 0.1) is 19.7 Å². The average molecular weight is 361 g/mol. The molecule has 3 aromatic rings. The number of benzene rings is 1. The van der Waals surface area contributed by atoms with Crippen molar-refractivity contribution in [1.29, 1.82) is 0 Å². The highest BCUT2D eigenvalue weighted by Crippen LogP contribution is 2.30. The smallest absolute Gasteiger partial charge is 0.259 e. The fourth-order valence-corrected chi connectivity index (χ4v) is 2.52. The van der Waals surface area contributed by atoms with Gasteiger partial charge in [0.2, 0.25) is 0 Å². The number of aromatic nitrogens is 3. The highest BCUT2D eigenvalue weighted by Gasteiger charge is 2.19. The molecular formula is C17H14ClFN4O2. The number of phenolic OH excluding ortho intramolecular Hbond substituents is 1. The van der Waals surface area contributed by atoms with Gasteiger partial charge < -0.3 is 10.4 Å². The van der Waals surface area contributed by atoms with E-state index in [0.717, 1.165) is 11.6 Å². The van der Waals surface area contributed by atoms with Crippen LogP contribution < -0.4 is 5.32 Å². The van der Waals surface area contributed by atoms with Crippen molar-refractivity contribution in [3.05, 3.63) is 58.3 Å². The number of anilines is 1. The van der Waals surface area contributed by atoms with Crippen molar-refractivity contribution >= 4 is 23.2 Å². The third kappa shape index (κ3) is 3.32. The summed E-state index contributed by atoms with van der Waals surface area (Å²) in [5.74, 6) is -1.74. The van der Waals surface area contributed by atoms with Crippen LogP contribution in [0.25, 0.3) is 11.3 Å². The SMILES string of the molecule is Cc1ccc(-c2cc(O)c(C(=O)Nc3c(Cl)n[nH]c3C)cc2F)nc1. The average Bonchev–Trinajstić information content (AvgIpc) is 2.89. The molecule has 0 radical (unpaired) electrons. The van der Waals surface area contributed by atoms with Crippen LogP contribution in [0.15, 0.2) is 30.5 Å². The van der Waals surface area contributed by atoms with Crippen LogP contribution in [0.4, 0.5) is 10.1 Å². The Bertz CT molecular complexity index is 935. The lowest BCUT2D eigenvalue weighted by molar-refractivity contribution is 0.102. The Morgan fingerprint density at radius 2 is 2.08 bits per heavy atom. The van der Waals surface area contributed by atoms with Gasteiger partial charge in [0, 0.05) is 11.8 Å². The van der Waals surface area contributed by atoms with Gasteiger partial charge in [-0.1, -0.05) is 17.7 Å². The number of pyridine rings is 1. The molecule has 1 amide bonds. The molecule has 6 nitrogen and oxygen atoms in total. The molecule has 8 heteroatoms. The lowest BCUT2D eigenvalue weighted by Crippen LogP contribution is -2.13. The first-order chi connectivity index (χ1) is 11.9. The van der Waals surface area contributed by atoms with E-state index in [-0.39, 0.29) is 27.7 Å². The van der Waals surface area contributed by atoms with Crippen LogP contribution in [0.1, 0.15) is 21.6 Å². The summed E-state index contributed by atoms with van der Waals surface area (Å²) >= 11 is 5.86.